The Morgan fingerprint density at radius 2 is 2.00 bits per heavy atom. The second-order valence-corrected chi connectivity index (χ2v) is 3.51. The molecule has 2 rings (SSSR count). The van der Waals surface area contributed by atoms with Gasteiger partial charge in [0.25, 0.3) is 0 Å². The first-order valence-electron chi connectivity index (χ1n) is 4.97. The highest BCUT2D eigenvalue weighted by molar-refractivity contribution is 5.80. The largest absolute Gasteiger partial charge is 0.496 e. The minimum atomic E-state index is -0.456. The summed E-state index contributed by atoms with van der Waals surface area (Å²) in [6.45, 7) is 0. The maximum Gasteiger partial charge on any atom is 0.135 e. The number of benzene rings is 1. The van der Waals surface area contributed by atoms with Gasteiger partial charge in [0.15, 0.2) is 0 Å². The maximum atomic E-state index is 13.8. The van der Waals surface area contributed by atoms with E-state index in [0.29, 0.717) is 22.6 Å². The molecule has 0 unspecified atom stereocenters. The Morgan fingerprint density at radius 1 is 1.24 bits per heavy atom. The Hall–Kier alpha value is -2.30. The van der Waals surface area contributed by atoms with Gasteiger partial charge in [-0.2, -0.15) is 0 Å². The normalized spacial score (nSPS) is 10.2. The molecule has 0 atom stereocenters. The Balaban J connectivity index is 2.67. The second kappa shape index (κ2) is 4.29. The number of pyridine rings is 1. The lowest BCUT2D eigenvalue weighted by atomic mass is 10.0. The highest BCUT2D eigenvalue weighted by Gasteiger charge is 2.14. The average Bonchev–Trinajstić information content (AvgIpc) is 2.30. The maximum absolute atomic E-state index is 13.8. The monoisotopic (exact) mass is 233 g/mol. The van der Waals surface area contributed by atoms with Crippen molar-refractivity contribution < 1.29 is 9.13 Å². The molecular formula is C12H12FN3O. The minimum Gasteiger partial charge on any atom is -0.496 e. The molecule has 0 fully saturated rings. The van der Waals surface area contributed by atoms with Crippen LogP contribution in [0.15, 0.2) is 30.5 Å². The molecule has 0 aliphatic carbocycles. The lowest BCUT2D eigenvalue weighted by Crippen LogP contribution is -1.99. The molecule has 1 aromatic heterocycles. The van der Waals surface area contributed by atoms with Crippen molar-refractivity contribution in [2.24, 2.45) is 0 Å². The molecule has 0 radical (unpaired) electrons. The number of nitrogens with zero attached hydrogens (tertiary/aromatic N) is 1. The number of nitrogens with two attached hydrogens (primary N) is 2. The zero-order chi connectivity index (χ0) is 12.4. The number of hydrogen-bond acceptors (Lipinski definition) is 4. The summed E-state index contributed by atoms with van der Waals surface area (Å²) in [4.78, 5) is 3.93. The molecule has 0 saturated carbocycles. The highest BCUT2D eigenvalue weighted by atomic mass is 19.1. The van der Waals surface area contributed by atoms with Crippen molar-refractivity contribution in [3.8, 4) is 16.9 Å². The predicted molar refractivity (Wildman–Crippen MR) is 65.0 cm³/mol. The number of rotatable bonds is 2. The Bertz CT molecular complexity index is 557. The number of methoxy groups -OCH3 is 1. The third-order valence-electron chi connectivity index (χ3n) is 2.42. The van der Waals surface area contributed by atoms with Crippen molar-refractivity contribution in [2.75, 3.05) is 18.6 Å². The van der Waals surface area contributed by atoms with Crippen LogP contribution >= 0.6 is 0 Å². The smallest absolute Gasteiger partial charge is 0.135 e. The van der Waals surface area contributed by atoms with Crippen LogP contribution in [0.1, 0.15) is 0 Å². The van der Waals surface area contributed by atoms with Crippen LogP contribution in [-0.4, -0.2) is 12.1 Å². The molecule has 5 heteroatoms. The molecule has 0 aliphatic rings. The third-order valence-corrected chi connectivity index (χ3v) is 2.42. The van der Waals surface area contributed by atoms with Gasteiger partial charge in [0.2, 0.25) is 0 Å². The predicted octanol–water partition coefficient (Wildman–Crippen LogP) is 2.06. The van der Waals surface area contributed by atoms with Gasteiger partial charge in [0.05, 0.1) is 12.7 Å². The third kappa shape index (κ3) is 1.99. The fourth-order valence-corrected chi connectivity index (χ4v) is 1.63. The van der Waals surface area contributed by atoms with E-state index in [4.69, 9.17) is 16.2 Å². The SMILES string of the molecule is COc1ccnc(N)c1-c1ccc(N)cc1F. The van der Waals surface area contributed by atoms with Gasteiger partial charge in [0, 0.05) is 17.4 Å². The molecule has 2 aromatic rings. The summed E-state index contributed by atoms with van der Waals surface area (Å²) in [5, 5.41) is 0. The van der Waals surface area contributed by atoms with Crippen molar-refractivity contribution >= 4 is 11.5 Å². The summed E-state index contributed by atoms with van der Waals surface area (Å²) in [5.41, 5.74) is 12.4. The van der Waals surface area contributed by atoms with Crippen LogP contribution in [0, 0.1) is 5.82 Å². The molecule has 1 aromatic carbocycles. The van der Waals surface area contributed by atoms with Gasteiger partial charge in [-0.05, 0) is 24.3 Å². The number of nitrogen functional groups attached to an aromatic ring is 2. The standard InChI is InChI=1S/C12H12FN3O/c1-17-10-4-5-16-12(15)11(10)8-3-2-7(14)6-9(8)13/h2-6H,14H2,1H3,(H2,15,16). The Labute approximate surface area is 98.0 Å². The zero-order valence-electron chi connectivity index (χ0n) is 9.27. The second-order valence-electron chi connectivity index (χ2n) is 3.51. The molecule has 0 amide bonds. The van der Waals surface area contributed by atoms with Crippen LogP contribution in [-0.2, 0) is 0 Å². The molecule has 4 nitrogen and oxygen atoms in total. The van der Waals surface area contributed by atoms with Crippen molar-refractivity contribution in [3.63, 3.8) is 0 Å². The molecule has 88 valence electrons. The van der Waals surface area contributed by atoms with Crippen molar-refractivity contribution in [1.82, 2.24) is 4.98 Å². The first-order valence-corrected chi connectivity index (χ1v) is 4.97. The minimum absolute atomic E-state index is 0.216. The summed E-state index contributed by atoms with van der Waals surface area (Å²) < 4.78 is 19.0. The molecule has 0 saturated heterocycles. The number of halogens is 1. The Morgan fingerprint density at radius 3 is 2.65 bits per heavy atom. The molecular weight excluding hydrogens is 221 g/mol. The summed E-state index contributed by atoms with van der Waals surface area (Å²) in [7, 11) is 1.49. The van der Waals surface area contributed by atoms with Gasteiger partial charge in [-0.1, -0.05) is 0 Å². The summed E-state index contributed by atoms with van der Waals surface area (Å²) in [5.74, 6) is 0.234. The van der Waals surface area contributed by atoms with E-state index in [1.807, 2.05) is 0 Å². The number of anilines is 2. The summed E-state index contributed by atoms with van der Waals surface area (Å²) >= 11 is 0. The van der Waals surface area contributed by atoms with E-state index in [9.17, 15) is 4.39 Å². The van der Waals surface area contributed by atoms with E-state index in [1.54, 1.807) is 18.2 Å². The molecule has 1 heterocycles. The van der Waals surface area contributed by atoms with Gasteiger partial charge in [0.1, 0.15) is 17.4 Å². The van der Waals surface area contributed by atoms with Crippen molar-refractivity contribution in [2.45, 2.75) is 0 Å². The van der Waals surface area contributed by atoms with Gasteiger partial charge < -0.3 is 16.2 Å². The Kier molecular flexibility index (Phi) is 2.82. The zero-order valence-corrected chi connectivity index (χ0v) is 9.27. The van der Waals surface area contributed by atoms with Crippen LogP contribution in [0.4, 0.5) is 15.9 Å². The first kappa shape index (κ1) is 11.2. The topological polar surface area (TPSA) is 74.2 Å². The van der Waals surface area contributed by atoms with Gasteiger partial charge in [-0.15, -0.1) is 0 Å². The van der Waals surface area contributed by atoms with Crippen LogP contribution in [0.3, 0.4) is 0 Å². The van der Waals surface area contributed by atoms with Gasteiger partial charge in [-0.3, -0.25) is 0 Å². The van der Waals surface area contributed by atoms with Crippen LogP contribution < -0.4 is 16.2 Å². The van der Waals surface area contributed by atoms with E-state index in [1.165, 1.54) is 19.4 Å². The fourth-order valence-electron chi connectivity index (χ4n) is 1.63. The number of hydrogen-bond donors (Lipinski definition) is 2. The molecule has 4 N–H and O–H groups in total. The van der Waals surface area contributed by atoms with E-state index in [2.05, 4.69) is 4.98 Å². The molecule has 17 heavy (non-hydrogen) atoms. The molecule has 0 bridgehead atoms. The quantitative estimate of drug-likeness (QED) is 0.778. The van der Waals surface area contributed by atoms with Crippen LogP contribution in [0.2, 0.25) is 0 Å². The molecule has 0 spiro atoms. The lowest BCUT2D eigenvalue weighted by Gasteiger charge is -2.11. The van der Waals surface area contributed by atoms with Crippen LogP contribution in [0.5, 0.6) is 5.75 Å². The van der Waals surface area contributed by atoms with Crippen molar-refractivity contribution in [1.29, 1.82) is 0 Å². The average molecular weight is 233 g/mol. The van der Waals surface area contributed by atoms with Gasteiger partial charge >= 0.3 is 0 Å². The van der Waals surface area contributed by atoms with Crippen molar-refractivity contribution in [3.05, 3.63) is 36.3 Å². The van der Waals surface area contributed by atoms with Gasteiger partial charge in [-0.25, -0.2) is 9.37 Å². The highest BCUT2D eigenvalue weighted by Crippen LogP contribution is 2.35. The fraction of sp³-hybridized carbons (Fsp3) is 0.0833. The number of aromatic nitrogens is 1. The first-order chi connectivity index (χ1) is 8.13. The lowest BCUT2D eigenvalue weighted by molar-refractivity contribution is 0.416. The molecule has 0 aliphatic heterocycles. The number of ether oxygens (including phenoxy) is 1. The van der Waals surface area contributed by atoms with E-state index in [0.717, 1.165) is 0 Å². The summed E-state index contributed by atoms with van der Waals surface area (Å²) in [6.07, 6.45) is 1.51. The van der Waals surface area contributed by atoms with Crippen LogP contribution in [0.25, 0.3) is 11.1 Å². The van der Waals surface area contributed by atoms with E-state index in [-0.39, 0.29) is 5.82 Å². The van der Waals surface area contributed by atoms with E-state index < -0.39 is 5.82 Å². The van der Waals surface area contributed by atoms with E-state index >= 15 is 0 Å². The summed E-state index contributed by atoms with van der Waals surface area (Å²) in [6, 6.07) is 6.02.